The van der Waals surface area contributed by atoms with Crippen molar-refractivity contribution in [1.82, 2.24) is 10.1 Å². The van der Waals surface area contributed by atoms with Crippen LogP contribution in [0.3, 0.4) is 0 Å². The van der Waals surface area contributed by atoms with Gasteiger partial charge in [-0.3, -0.25) is 9.59 Å². The van der Waals surface area contributed by atoms with Crippen LogP contribution >= 0.6 is 23.5 Å². The number of rotatable bonds is 6. The number of hydrogen-bond donors (Lipinski definition) is 1. The van der Waals surface area contributed by atoms with Crippen LogP contribution in [0.1, 0.15) is 27.4 Å². The van der Waals surface area contributed by atoms with Crippen molar-refractivity contribution in [2.75, 3.05) is 19.4 Å². The molecule has 2 amide bonds. The molecule has 0 aliphatic carbocycles. The summed E-state index contributed by atoms with van der Waals surface area (Å²) in [6, 6.07) is 14.7. The van der Waals surface area contributed by atoms with E-state index in [0.29, 0.717) is 17.0 Å². The van der Waals surface area contributed by atoms with E-state index in [1.165, 1.54) is 4.90 Å². The lowest BCUT2D eigenvalue weighted by molar-refractivity contribution is 0.102. The highest BCUT2D eigenvalue weighted by Gasteiger charge is 2.15. The lowest BCUT2D eigenvalue weighted by Gasteiger charge is -2.11. The molecule has 1 N–H and O–H groups in total. The summed E-state index contributed by atoms with van der Waals surface area (Å²) in [5.74, 6) is 1.30. The van der Waals surface area contributed by atoms with Crippen LogP contribution in [0.25, 0.3) is 0 Å². The third kappa shape index (κ3) is 5.46. The number of anilines is 1. The maximum absolute atomic E-state index is 12.9. The quantitative estimate of drug-likeness (QED) is 0.501. The van der Waals surface area contributed by atoms with E-state index in [9.17, 15) is 9.59 Å². The number of benzene rings is 2. The van der Waals surface area contributed by atoms with Crippen molar-refractivity contribution in [1.29, 1.82) is 0 Å². The van der Waals surface area contributed by atoms with Gasteiger partial charge in [-0.25, -0.2) is 0 Å². The minimum Gasteiger partial charge on any atom is -0.361 e. The van der Waals surface area contributed by atoms with Crippen LogP contribution in [0.5, 0.6) is 0 Å². The molecular formula is C22H23N3O3S2. The third-order valence-electron chi connectivity index (χ3n) is 4.37. The molecule has 0 radical (unpaired) electrons. The fourth-order valence-electron chi connectivity index (χ4n) is 2.63. The molecule has 1 heterocycles. The Morgan fingerprint density at radius 1 is 1.07 bits per heavy atom. The minimum absolute atomic E-state index is 0.0453. The van der Waals surface area contributed by atoms with Crippen molar-refractivity contribution in [3.63, 3.8) is 0 Å². The topological polar surface area (TPSA) is 75.4 Å². The van der Waals surface area contributed by atoms with E-state index in [2.05, 4.69) is 10.5 Å². The molecule has 6 nitrogen and oxygen atoms in total. The standard InChI is InChI=1S/C22H23N3O3S2/c1-14-19(15(2)28-24-14)13-29-20-8-6-5-7-18(20)21(26)23-16-9-11-17(12-10-16)30-22(27)25(3)4/h5-12H,13H2,1-4H3,(H,23,26). The van der Waals surface area contributed by atoms with Crippen LogP contribution in [0.15, 0.2) is 62.8 Å². The summed E-state index contributed by atoms with van der Waals surface area (Å²) in [5.41, 5.74) is 3.20. The first-order valence-corrected chi connectivity index (χ1v) is 11.1. The maximum atomic E-state index is 12.9. The molecule has 0 aliphatic rings. The Morgan fingerprint density at radius 2 is 1.77 bits per heavy atom. The molecule has 0 fully saturated rings. The van der Waals surface area contributed by atoms with Gasteiger partial charge in [-0.15, -0.1) is 11.8 Å². The average Bonchev–Trinajstić information content (AvgIpc) is 3.05. The zero-order valence-corrected chi connectivity index (χ0v) is 18.9. The van der Waals surface area contributed by atoms with Crippen LogP contribution in [0.4, 0.5) is 10.5 Å². The Morgan fingerprint density at radius 3 is 2.40 bits per heavy atom. The highest BCUT2D eigenvalue weighted by Crippen LogP contribution is 2.29. The molecule has 3 aromatic rings. The fraction of sp³-hybridized carbons (Fsp3) is 0.227. The number of nitrogens with one attached hydrogen (secondary N) is 1. The number of amides is 2. The van der Waals surface area contributed by atoms with E-state index >= 15 is 0 Å². The molecule has 0 aliphatic heterocycles. The van der Waals surface area contributed by atoms with E-state index in [1.54, 1.807) is 38.0 Å². The van der Waals surface area contributed by atoms with Gasteiger partial charge >= 0.3 is 0 Å². The van der Waals surface area contributed by atoms with Crippen LogP contribution in [0, 0.1) is 13.8 Å². The highest BCUT2D eigenvalue weighted by atomic mass is 32.2. The Bertz CT molecular complexity index is 1030. The van der Waals surface area contributed by atoms with Gasteiger partial charge in [0.2, 0.25) is 0 Å². The van der Waals surface area contributed by atoms with E-state index in [0.717, 1.165) is 38.6 Å². The Kier molecular flexibility index (Phi) is 7.23. The van der Waals surface area contributed by atoms with Crippen molar-refractivity contribution in [2.24, 2.45) is 0 Å². The molecule has 0 saturated carbocycles. The van der Waals surface area contributed by atoms with E-state index in [-0.39, 0.29) is 11.1 Å². The second kappa shape index (κ2) is 9.86. The van der Waals surface area contributed by atoms with E-state index in [1.807, 2.05) is 50.2 Å². The first kappa shape index (κ1) is 22.0. The molecule has 0 unspecified atom stereocenters. The second-order valence-electron chi connectivity index (χ2n) is 6.83. The molecule has 3 rings (SSSR count). The lowest BCUT2D eigenvalue weighted by atomic mass is 10.2. The summed E-state index contributed by atoms with van der Waals surface area (Å²) < 4.78 is 5.22. The first-order chi connectivity index (χ1) is 14.3. The smallest absolute Gasteiger partial charge is 0.285 e. The van der Waals surface area contributed by atoms with E-state index in [4.69, 9.17) is 4.52 Å². The normalized spacial score (nSPS) is 10.7. The molecule has 0 bridgehead atoms. The highest BCUT2D eigenvalue weighted by molar-refractivity contribution is 8.13. The molecule has 1 aromatic heterocycles. The van der Waals surface area contributed by atoms with Crippen molar-refractivity contribution in [3.05, 3.63) is 71.1 Å². The SMILES string of the molecule is Cc1noc(C)c1CSc1ccccc1C(=O)Nc1ccc(SC(=O)N(C)C)cc1. The molecule has 0 saturated heterocycles. The number of thioether (sulfide) groups is 2. The summed E-state index contributed by atoms with van der Waals surface area (Å²) in [4.78, 5) is 27.9. The number of carbonyl (C=O) groups excluding carboxylic acids is 2. The number of hydrogen-bond acceptors (Lipinski definition) is 6. The lowest BCUT2D eigenvalue weighted by Crippen LogP contribution is -2.16. The van der Waals surface area contributed by atoms with Crippen molar-refractivity contribution in [2.45, 2.75) is 29.4 Å². The second-order valence-corrected chi connectivity index (χ2v) is 8.87. The van der Waals surface area contributed by atoms with Gasteiger partial charge in [0.15, 0.2) is 0 Å². The summed E-state index contributed by atoms with van der Waals surface area (Å²) in [7, 11) is 3.43. The van der Waals surface area contributed by atoms with Gasteiger partial charge in [-0.05, 0) is 62.0 Å². The molecule has 2 aromatic carbocycles. The summed E-state index contributed by atoms with van der Waals surface area (Å²) in [6.45, 7) is 3.81. The van der Waals surface area contributed by atoms with Gasteiger partial charge in [-0.1, -0.05) is 17.3 Å². The Labute approximate surface area is 184 Å². The summed E-state index contributed by atoms with van der Waals surface area (Å²) >= 11 is 2.72. The average molecular weight is 442 g/mol. The molecule has 8 heteroatoms. The van der Waals surface area contributed by atoms with Gasteiger partial charge in [0.1, 0.15) is 5.76 Å². The molecular weight excluding hydrogens is 418 g/mol. The van der Waals surface area contributed by atoms with Gasteiger partial charge in [0.25, 0.3) is 11.1 Å². The van der Waals surface area contributed by atoms with Crippen LogP contribution < -0.4 is 5.32 Å². The minimum atomic E-state index is -0.179. The van der Waals surface area contributed by atoms with E-state index < -0.39 is 0 Å². The molecule has 30 heavy (non-hydrogen) atoms. The van der Waals surface area contributed by atoms with Crippen molar-refractivity contribution >= 4 is 40.4 Å². The predicted molar refractivity (Wildman–Crippen MR) is 121 cm³/mol. The van der Waals surface area contributed by atoms with Gasteiger partial charge in [-0.2, -0.15) is 0 Å². The Balaban J connectivity index is 1.68. The Hall–Kier alpha value is -2.71. The fourth-order valence-corrected chi connectivity index (χ4v) is 4.49. The van der Waals surface area contributed by atoms with Crippen LogP contribution in [-0.2, 0) is 5.75 Å². The number of aryl methyl sites for hydroxylation is 2. The van der Waals surface area contributed by atoms with Gasteiger partial charge in [0, 0.05) is 40.9 Å². The predicted octanol–water partition coefficient (Wildman–Crippen LogP) is 5.61. The van der Waals surface area contributed by atoms with Gasteiger partial charge < -0.3 is 14.7 Å². The first-order valence-electron chi connectivity index (χ1n) is 9.29. The summed E-state index contributed by atoms with van der Waals surface area (Å²) in [5, 5.41) is 6.87. The molecule has 0 atom stereocenters. The zero-order valence-electron chi connectivity index (χ0n) is 17.3. The van der Waals surface area contributed by atoms with Crippen molar-refractivity contribution in [3.8, 4) is 0 Å². The molecule has 0 spiro atoms. The summed E-state index contributed by atoms with van der Waals surface area (Å²) in [6.07, 6.45) is 0. The molecule has 156 valence electrons. The number of carbonyl (C=O) groups is 2. The maximum Gasteiger partial charge on any atom is 0.285 e. The van der Waals surface area contributed by atoms with Crippen molar-refractivity contribution < 1.29 is 14.1 Å². The van der Waals surface area contributed by atoms with Crippen LogP contribution in [0.2, 0.25) is 0 Å². The number of aromatic nitrogens is 1. The third-order valence-corrected chi connectivity index (χ3v) is 6.52. The zero-order chi connectivity index (χ0) is 21.7. The monoisotopic (exact) mass is 441 g/mol. The largest absolute Gasteiger partial charge is 0.361 e. The van der Waals surface area contributed by atoms with Crippen LogP contribution in [-0.4, -0.2) is 35.3 Å². The number of nitrogens with zero attached hydrogens (tertiary/aromatic N) is 2. The van der Waals surface area contributed by atoms with Gasteiger partial charge in [0.05, 0.1) is 11.3 Å².